The minimum atomic E-state index is -0.536. The molecule has 0 atom stereocenters. The van der Waals surface area contributed by atoms with Crippen LogP contribution >= 0.6 is 22.7 Å². The Morgan fingerprint density at radius 1 is 1.18 bits per heavy atom. The molecule has 3 N–H and O–H groups in total. The lowest BCUT2D eigenvalue weighted by Gasteiger charge is -2.11. The van der Waals surface area contributed by atoms with Crippen molar-refractivity contribution in [3.63, 3.8) is 0 Å². The van der Waals surface area contributed by atoms with E-state index in [-0.39, 0.29) is 12.1 Å². The summed E-state index contributed by atoms with van der Waals surface area (Å²) in [5.74, 6) is -0.932. The summed E-state index contributed by atoms with van der Waals surface area (Å²) >= 11 is 2.82. The van der Waals surface area contributed by atoms with Crippen LogP contribution in [0.5, 0.6) is 0 Å². The lowest BCUT2D eigenvalue weighted by atomic mass is 9.95. The number of rotatable bonds is 5. The Bertz CT molecular complexity index is 1510. The molecule has 0 spiro atoms. The first-order valence-electron chi connectivity index (χ1n) is 11.1. The molecule has 3 aromatic heterocycles. The van der Waals surface area contributed by atoms with Crippen molar-refractivity contribution in [3.05, 3.63) is 67.4 Å². The van der Waals surface area contributed by atoms with Crippen molar-refractivity contribution in [3.8, 4) is 11.1 Å². The zero-order valence-corrected chi connectivity index (χ0v) is 20.6. The molecule has 1 aromatic carbocycles. The molecule has 0 unspecified atom stereocenters. The van der Waals surface area contributed by atoms with Gasteiger partial charge in [-0.3, -0.25) is 19.0 Å². The highest BCUT2D eigenvalue weighted by atomic mass is 32.1. The quantitative estimate of drug-likeness (QED) is 0.430. The average Bonchev–Trinajstić information content (AvgIpc) is 3.37. The number of nitrogens with zero attached hydrogens (tertiary/aromatic N) is 2. The first-order chi connectivity index (χ1) is 16.3. The highest BCUT2D eigenvalue weighted by molar-refractivity contribution is 7.17. The third-order valence-corrected chi connectivity index (χ3v) is 8.31. The normalized spacial score (nSPS) is 13.1. The molecule has 9 heteroatoms. The highest BCUT2D eigenvalue weighted by Crippen LogP contribution is 2.38. The first kappa shape index (κ1) is 22.5. The average molecular weight is 493 g/mol. The number of hydrogen-bond acceptors (Lipinski definition) is 6. The Hall–Kier alpha value is -3.30. The van der Waals surface area contributed by atoms with Crippen molar-refractivity contribution in [1.82, 2.24) is 9.55 Å². The largest absolute Gasteiger partial charge is 0.365 e. The van der Waals surface area contributed by atoms with Crippen molar-refractivity contribution >= 4 is 49.7 Å². The minimum Gasteiger partial charge on any atom is -0.365 e. The number of hydrogen-bond donors (Lipinski definition) is 2. The van der Waals surface area contributed by atoms with Crippen LogP contribution in [0.3, 0.4) is 0 Å². The fourth-order valence-corrected chi connectivity index (χ4v) is 6.84. The maximum absolute atomic E-state index is 13.4. The van der Waals surface area contributed by atoms with Crippen LogP contribution in [0.1, 0.15) is 44.8 Å². The molecule has 0 fully saturated rings. The second kappa shape index (κ2) is 8.81. The van der Waals surface area contributed by atoms with Crippen LogP contribution < -0.4 is 16.6 Å². The van der Waals surface area contributed by atoms with Gasteiger partial charge in [0.25, 0.3) is 11.5 Å². The van der Waals surface area contributed by atoms with Crippen LogP contribution in [-0.2, 0) is 24.2 Å². The molecule has 0 saturated heterocycles. The number of thiophene rings is 2. The second-order valence-electron chi connectivity index (χ2n) is 8.65. The molecule has 1 aliphatic rings. The third kappa shape index (κ3) is 3.95. The third-order valence-electron chi connectivity index (χ3n) is 6.22. The summed E-state index contributed by atoms with van der Waals surface area (Å²) in [7, 11) is 0. The van der Waals surface area contributed by atoms with Crippen molar-refractivity contribution in [2.45, 2.75) is 46.1 Å². The molecule has 7 nitrogen and oxygen atoms in total. The fourth-order valence-electron chi connectivity index (χ4n) is 4.63. The number of aryl methyl sites for hydroxylation is 3. The van der Waals surface area contributed by atoms with Gasteiger partial charge in [0, 0.05) is 15.8 Å². The van der Waals surface area contributed by atoms with Gasteiger partial charge in [-0.15, -0.1) is 22.7 Å². The molecule has 5 rings (SSSR count). The predicted molar refractivity (Wildman–Crippen MR) is 137 cm³/mol. The summed E-state index contributed by atoms with van der Waals surface area (Å²) in [6, 6.07) is 6.11. The number of anilines is 1. The van der Waals surface area contributed by atoms with Gasteiger partial charge in [-0.25, -0.2) is 4.98 Å². The van der Waals surface area contributed by atoms with E-state index in [1.54, 1.807) is 0 Å². The SMILES string of the molecule is Cc1ccc(-c2csc3ncn(CC(=O)Nc4sc5c(c4C(N)=O)CCCC5)c(=O)c23)c(C)c1. The minimum absolute atomic E-state index is 0.204. The lowest BCUT2D eigenvalue weighted by molar-refractivity contribution is -0.116. The summed E-state index contributed by atoms with van der Waals surface area (Å²) in [6.45, 7) is 3.85. The zero-order chi connectivity index (χ0) is 24.0. The molecule has 1 aliphatic carbocycles. The fraction of sp³-hybridized carbons (Fsp3) is 0.280. The van der Waals surface area contributed by atoms with E-state index in [2.05, 4.69) is 16.4 Å². The van der Waals surface area contributed by atoms with Crippen molar-refractivity contribution in [1.29, 1.82) is 0 Å². The van der Waals surface area contributed by atoms with E-state index in [9.17, 15) is 14.4 Å². The van der Waals surface area contributed by atoms with Gasteiger partial charge in [-0.1, -0.05) is 23.8 Å². The van der Waals surface area contributed by atoms with E-state index < -0.39 is 11.8 Å². The van der Waals surface area contributed by atoms with E-state index in [0.29, 0.717) is 20.8 Å². The number of aromatic nitrogens is 2. The van der Waals surface area contributed by atoms with Gasteiger partial charge in [0.1, 0.15) is 16.4 Å². The van der Waals surface area contributed by atoms with Crippen LogP contribution in [0.4, 0.5) is 5.00 Å². The van der Waals surface area contributed by atoms with E-state index in [1.807, 2.05) is 31.4 Å². The molecule has 34 heavy (non-hydrogen) atoms. The van der Waals surface area contributed by atoms with Gasteiger partial charge in [0.15, 0.2) is 0 Å². The van der Waals surface area contributed by atoms with Gasteiger partial charge in [0.2, 0.25) is 5.91 Å². The predicted octanol–water partition coefficient (Wildman–Crippen LogP) is 4.42. The van der Waals surface area contributed by atoms with Crippen molar-refractivity contribution < 1.29 is 9.59 Å². The van der Waals surface area contributed by atoms with Gasteiger partial charge < -0.3 is 11.1 Å². The molecule has 0 saturated carbocycles. The topological polar surface area (TPSA) is 107 Å². The Balaban J connectivity index is 1.47. The smallest absolute Gasteiger partial charge is 0.263 e. The molecular weight excluding hydrogens is 468 g/mol. The molecular formula is C25H24N4O3S2. The molecule has 4 aromatic rings. The summed E-state index contributed by atoms with van der Waals surface area (Å²) < 4.78 is 1.31. The number of benzene rings is 1. The van der Waals surface area contributed by atoms with E-state index in [4.69, 9.17) is 5.73 Å². The summed E-state index contributed by atoms with van der Waals surface area (Å²) in [5.41, 5.74) is 10.8. The van der Waals surface area contributed by atoms with Crippen LogP contribution in [0.2, 0.25) is 0 Å². The zero-order valence-electron chi connectivity index (χ0n) is 18.9. The Labute approximate surface area is 204 Å². The van der Waals surface area contributed by atoms with Crippen LogP contribution in [-0.4, -0.2) is 21.4 Å². The summed E-state index contributed by atoms with van der Waals surface area (Å²) in [5, 5.41) is 5.74. The van der Waals surface area contributed by atoms with Crippen molar-refractivity contribution in [2.24, 2.45) is 5.73 Å². The van der Waals surface area contributed by atoms with Gasteiger partial charge in [0.05, 0.1) is 17.3 Å². The molecule has 2 amide bonds. The Morgan fingerprint density at radius 3 is 2.74 bits per heavy atom. The Kier molecular flexibility index (Phi) is 5.83. The molecule has 0 bridgehead atoms. The number of amides is 2. The van der Waals surface area contributed by atoms with E-state index in [1.165, 1.54) is 33.6 Å². The summed E-state index contributed by atoms with van der Waals surface area (Å²) in [4.78, 5) is 44.5. The maximum atomic E-state index is 13.4. The molecule has 174 valence electrons. The molecule has 3 heterocycles. The van der Waals surface area contributed by atoms with E-state index >= 15 is 0 Å². The Morgan fingerprint density at radius 2 is 1.97 bits per heavy atom. The maximum Gasteiger partial charge on any atom is 0.263 e. The number of fused-ring (bicyclic) bond motifs is 2. The first-order valence-corrected chi connectivity index (χ1v) is 12.8. The number of nitrogens with one attached hydrogen (secondary N) is 1. The van der Waals surface area contributed by atoms with Gasteiger partial charge in [-0.05, 0) is 56.2 Å². The highest BCUT2D eigenvalue weighted by Gasteiger charge is 2.25. The summed E-state index contributed by atoms with van der Waals surface area (Å²) in [6.07, 6.45) is 5.14. The van der Waals surface area contributed by atoms with Crippen LogP contribution in [0, 0.1) is 13.8 Å². The van der Waals surface area contributed by atoms with Crippen LogP contribution in [0.25, 0.3) is 21.3 Å². The standard InChI is InChI=1S/C25H24N4O3S2/c1-13-7-8-15(14(2)9-13)17-11-33-23-21(17)25(32)29(12-27-23)10-19(30)28-24-20(22(26)31)16-5-3-4-6-18(16)34-24/h7-9,11-12H,3-6,10H2,1-2H3,(H2,26,31)(H,28,30). The molecule has 0 aliphatic heterocycles. The van der Waals surface area contributed by atoms with Crippen LogP contribution in [0.15, 0.2) is 34.7 Å². The monoisotopic (exact) mass is 492 g/mol. The van der Waals surface area contributed by atoms with Crippen molar-refractivity contribution in [2.75, 3.05) is 5.32 Å². The number of nitrogens with two attached hydrogens (primary N) is 1. The van der Waals surface area contributed by atoms with Gasteiger partial charge in [-0.2, -0.15) is 0 Å². The molecule has 0 radical (unpaired) electrons. The second-order valence-corrected chi connectivity index (χ2v) is 10.6. The number of primary amides is 1. The number of carbonyl (C=O) groups excluding carboxylic acids is 2. The lowest BCUT2D eigenvalue weighted by Crippen LogP contribution is -2.28. The van der Waals surface area contributed by atoms with E-state index in [0.717, 1.165) is 58.4 Å². The number of carbonyl (C=O) groups is 2. The van der Waals surface area contributed by atoms with Gasteiger partial charge >= 0.3 is 0 Å².